The van der Waals surface area contributed by atoms with Crippen LogP contribution in [0.4, 0.5) is 0 Å². The largest absolute Gasteiger partial charge is 0.399 e. The average Bonchev–Trinajstić information content (AvgIpc) is 3.40. The summed E-state index contributed by atoms with van der Waals surface area (Å²) in [5.74, 6) is 0.468. The Labute approximate surface area is 184 Å². The van der Waals surface area contributed by atoms with E-state index < -0.39 is 0 Å². The molecule has 8 heteroatoms. The lowest BCUT2D eigenvalue weighted by molar-refractivity contribution is -0.00596. The molecule has 0 aliphatic carbocycles. The Kier molecular flexibility index (Phi) is 12.0. The summed E-state index contributed by atoms with van der Waals surface area (Å²) < 4.78 is 0. The molecule has 2 aliphatic rings. The third-order valence-electron chi connectivity index (χ3n) is 4.66. The van der Waals surface area contributed by atoms with Crippen LogP contribution >= 0.6 is 0 Å². The van der Waals surface area contributed by atoms with Crippen molar-refractivity contribution >= 4 is 23.4 Å². The number of benzene rings is 1. The second kappa shape index (κ2) is 14.2. The van der Waals surface area contributed by atoms with Crippen LogP contribution in [0.3, 0.4) is 0 Å². The van der Waals surface area contributed by atoms with Crippen LogP contribution in [0.5, 0.6) is 0 Å². The lowest BCUT2D eigenvalue weighted by Gasteiger charge is -2.21. The maximum atomic E-state index is 10.3. The van der Waals surface area contributed by atoms with E-state index >= 15 is 0 Å². The summed E-state index contributed by atoms with van der Waals surface area (Å²) in [5.41, 5.74) is 6.70. The number of likely N-dealkylation sites (tertiary alicyclic amines) is 1. The first kappa shape index (κ1) is 26.2. The van der Waals surface area contributed by atoms with E-state index in [1.54, 1.807) is 6.08 Å². The Morgan fingerprint density at radius 1 is 1.42 bits per heavy atom. The summed E-state index contributed by atoms with van der Waals surface area (Å²) in [4.78, 5) is 26.7. The number of aliphatic imine (C=N–C) groups is 1. The molecule has 0 saturated carbocycles. The number of carbonyl (C=O) groups excluding carboxylic acids is 1. The maximum absolute atomic E-state index is 10.3. The third kappa shape index (κ3) is 8.45. The molecule has 2 unspecified atom stereocenters. The lowest BCUT2D eigenvalue weighted by atomic mass is 10.1. The van der Waals surface area contributed by atoms with Crippen LogP contribution in [0.2, 0.25) is 0 Å². The number of oxime groups is 1. The zero-order chi connectivity index (χ0) is 23.2. The number of rotatable bonds is 5. The number of allylic oxidation sites excluding steroid dienone is 3. The van der Waals surface area contributed by atoms with Crippen LogP contribution in [0.25, 0.3) is 5.57 Å². The summed E-state index contributed by atoms with van der Waals surface area (Å²) >= 11 is 0. The predicted octanol–water partition coefficient (Wildman–Crippen LogP) is 3.06. The Hall–Kier alpha value is -2.81. The highest BCUT2D eigenvalue weighted by Gasteiger charge is 2.36. The minimum absolute atomic E-state index is 0.130. The standard InChI is InChI=1S/C11H12O.C9H16N4O3.C3H6/c1-3-9(2)11-6-4-10(8-12)5-7-11;1-13-4-6(11-15-2)3-7(13)9-10-8(5-14)12-16-9;1-3-2/h3-8H,1-2H3;7,9,14H,3-5H2,1-2H3,(H,10,12);3H,1H2,2H3/b9-3+;;. The number of aliphatic hydroxyl groups excluding tert-OH is 1. The first-order chi connectivity index (χ1) is 14.9. The van der Waals surface area contributed by atoms with Crippen LogP contribution in [0.1, 0.15) is 43.1 Å². The highest BCUT2D eigenvalue weighted by molar-refractivity contribution is 5.89. The van der Waals surface area contributed by atoms with Gasteiger partial charge in [-0.25, -0.2) is 15.3 Å². The number of aliphatic hydroxyl groups is 1. The molecule has 1 aromatic carbocycles. The molecule has 0 radical (unpaired) electrons. The SMILES string of the molecule is C/C=C(\C)c1ccc(C=O)cc1.C=CC.CON=C1CC(C2N=C(CO)NO2)N(C)C1. The second-order valence-corrected chi connectivity index (χ2v) is 6.99. The number of carbonyl (C=O) groups is 1. The molecule has 31 heavy (non-hydrogen) atoms. The number of hydrogen-bond donors (Lipinski definition) is 2. The van der Waals surface area contributed by atoms with Gasteiger partial charge in [0.2, 0.25) is 0 Å². The van der Waals surface area contributed by atoms with E-state index in [-0.39, 0.29) is 18.9 Å². The maximum Gasteiger partial charge on any atom is 0.192 e. The van der Waals surface area contributed by atoms with E-state index in [1.165, 1.54) is 18.2 Å². The molecule has 1 saturated heterocycles. The molecule has 0 amide bonds. The van der Waals surface area contributed by atoms with E-state index in [9.17, 15) is 4.79 Å². The Morgan fingerprint density at radius 3 is 2.55 bits per heavy atom. The molecule has 2 atom stereocenters. The molecular weight excluding hydrogens is 396 g/mol. The number of amidine groups is 1. The highest BCUT2D eigenvalue weighted by atomic mass is 16.7. The van der Waals surface area contributed by atoms with Gasteiger partial charge in [-0.05, 0) is 39.0 Å². The lowest BCUT2D eigenvalue weighted by Crippen LogP contribution is -2.36. The minimum atomic E-state index is -0.295. The quantitative estimate of drug-likeness (QED) is 0.423. The van der Waals surface area contributed by atoms with E-state index in [0.717, 1.165) is 30.5 Å². The molecule has 170 valence electrons. The molecule has 0 spiro atoms. The second-order valence-electron chi connectivity index (χ2n) is 6.99. The van der Waals surface area contributed by atoms with Crippen molar-refractivity contribution in [1.82, 2.24) is 10.4 Å². The van der Waals surface area contributed by atoms with E-state index in [1.807, 2.05) is 45.2 Å². The van der Waals surface area contributed by atoms with Crippen molar-refractivity contribution < 1.29 is 19.6 Å². The van der Waals surface area contributed by atoms with Crippen molar-refractivity contribution in [2.45, 2.75) is 39.5 Å². The van der Waals surface area contributed by atoms with Crippen molar-refractivity contribution in [3.63, 3.8) is 0 Å². The van der Waals surface area contributed by atoms with Crippen molar-refractivity contribution in [3.05, 3.63) is 54.1 Å². The molecule has 0 bridgehead atoms. The van der Waals surface area contributed by atoms with E-state index in [0.29, 0.717) is 5.84 Å². The predicted molar refractivity (Wildman–Crippen MR) is 125 cm³/mol. The third-order valence-corrected chi connectivity index (χ3v) is 4.66. The Morgan fingerprint density at radius 2 is 2.06 bits per heavy atom. The first-order valence-corrected chi connectivity index (χ1v) is 10.1. The molecule has 1 fully saturated rings. The van der Waals surface area contributed by atoms with E-state index in [4.69, 9.17) is 14.8 Å². The van der Waals surface area contributed by atoms with Gasteiger partial charge in [-0.2, -0.15) is 0 Å². The molecule has 2 N–H and O–H groups in total. The molecule has 0 aromatic heterocycles. The fraction of sp³-hybridized carbons (Fsp3) is 0.435. The smallest absolute Gasteiger partial charge is 0.192 e. The topological polar surface area (TPSA) is 95.8 Å². The number of hydroxylamine groups is 1. The zero-order valence-electron chi connectivity index (χ0n) is 19.0. The van der Waals surface area contributed by atoms with Crippen LogP contribution in [0, 0.1) is 0 Å². The molecule has 2 heterocycles. The van der Waals surface area contributed by atoms with E-state index in [2.05, 4.69) is 40.1 Å². The Balaban J connectivity index is 0.000000285. The van der Waals surface area contributed by atoms with Gasteiger partial charge in [0.15, 0.2) is 6.23 Å². The summed E-state index contributed by atoms with van der Waals surface area (Å²) in [6.45, 7) is 9.92. The van der Waals surface area contributed by atoms with Crippen molar-refractivity contribution in [2.24, 2.45) is 10.1 Å². The molecular formula is C23H34N4O4. The monoisotopic (exact) mass is 430 g/mol. The van der Waals surface area contributed by atoms with Gasteiger partial charge < -0.3 is 9.94 Å². The summed E-state index contributed by atoms with van der Waals surface area (Å²) in [6.07, 6.45) is 5.13. The molecule has 3 rings (SSSR count). The number of likely N-dealkylation sites (N-methyl/N-ethyl adjacent to an activating group) is 1. The van der Waals surface area contributed by atoms with Crippen LogP contribution in [-0.4, -0.2) is 67.4 Å². The average molecular weight is 431 g/mol. The normalized spacial score (nSPS) is 21.8. The number of aldehydes is 1. The Bertz CT molecular complexity index is 787. The zero-order valence-corrected chi connectivity index (χ0v) is 19.0. The van der Waals surface area contributed by atoms with Crippen LogP contribution < -0.4 is 5.48 Å². The van der Waals surface area contributed by atoms with Crippen molar-refractivity contribution in [1.29, 1.82) is 0 Å². The minimum Gasteiger partial charge on any atom is -0.399 e. The van der Waals surface area contributed by atoms with Gasteiger partial charge in [0.05, 0.1) is 11.8 Å². The number of nitrogens with one attached hydrogen (secondary N) is 1. The fourth-order valence-corrected chi connectivity index (χ4v) is 2.94. The van der Waals surface area contributed by atoms with Gasteiger partial charge in [-0.15, -0.1) is 6.58 Å². The number of nitrogens with zero attached hydrogens (tertiary/aromatic N) is 3. The van der Waals surface area contributed by atoms with Gasteiger partial charge in [0.1, 0.15) is 25.8 Å². The summed E-state index contributed by atoms with van der Waals surface area (Å²) in [6, 6.07) is 7.70. The first-order valence-electron chi connectivity index (χ1n) is 10.1. The van der Waals surface area contributed by atoms with Crippen LogP contribution in [-0.2, 0) is 9.68 Å². The molecule has 8 nitrogen and oxygen atoms in total. The van der Waals surface area contributed by atoms with Crippen LogP contribution in [0.15, 0.2) is 53.1 Å². The van der Waals surface area contributed by atoms with Crippen molar-refractivity contribution in [2.75, 3.05) is 27.3 Å². The van der Waals surface area contributed by atoms with Crippen molar-refractivity contribution in [3.8, 4) is 0 Å². The summed E-state index contributed by atoms with van der Waals surface area (Å²) in [5, 5.41) is 12.8. The van der Waals surface area contributed by atoms with Gasteiger partial charge in [0.25, 0.3) is 0 Å². The molecule has 2 aliphatic heterocycles. The van der Waals surface area contributed by atoms with Gasteiger partial charge in [0, 0.05) is 18.5 Å². The fourth-order valence-electron chi connectivity index (χ4n) is 2.94. The van der Waals surface area contributed by atoms with Gasteiger partial charge >= 0.3 is 0 Å². The number of hydrogen-bond acceptors (Lipinski definition) is 8. The highest BCUT2D eigenvalue weighted by Crippen LogP contribution is 2.21. The molecule has 1 aromatic rings. The van der Waals surface area contributed by atoms with Gasteiger partial charge in [-0.1, -0.05) is 41.6 Å². The summed E-state index contributed by atoms with van der Waals surface area (Å²) in [7, 11) is 3.52. The van der Waals surface area contributed by atoms with Gasteiger partial charge in [-0.3, -0.25) is 9.69 Å².